The predicted molar refractivity (Wildman–Crippen MR) is 72.2 cm³/mol. The van der Waals surface area contributed by atoms with E-state index in [-0.39, 0.29) is 5.82 Å². The smallest absolute Gasteiger partial charge is 0.164 e. The van der Waals surface area contributed by atoms with E-state index in [1.54, 1.807) is 12.3 Å². The van der Waals surface area contributed by atoms with E-state index < -0.39 is 0 Å². The van der Waals surface area contributed by atoms with Crippen LogP contribution in [0.1, 0.15) is 22.3 Å². The van der Waals surface area contributed by atoms with E-state index in [0.717, 1.165) is 0 Å². The van der Waals surface area contributed by atoms with Gasteiger partial charge in [0.15, 0.2) is 5.82 Å². The van der Waals surface area contributed by atoms with Crippen LogP contribution in [0, 0.1) is 26.6 Å². The van der Waals surface area contributed by atoms with Gasteiger partial charge >= 0.3 is 0 Å². The van der Waals surface area contributed by atoms with Crippen molar-refractivity contribution in [3.05, 3.63) is 58.7 Å². The van der Waals surface area contributed by atoms with Crippen molar-refractivity contribution in [1.82, 2.24) is 4.98 Å². The Morgan fingerprint density at radius 3 is 2.44 bits per heavy atom. The molecule has 0 saturated carbocycles. The van der Waals surface area contributed by atoms with E-state index in [1.807, 2.05) is 0 Å². The Labute approximate surface area is 107 Å². The van der Waals surface area contributed by atoms with E-state index in [4.69, 9.17) is 0 Å². The summed E-state index contributed by atoms with van der Waals surface area (Å²) in [7, 11) is 0. The monoisotopic (exact) mass is 244 g/mol. The molecule has 2 rings (SSSR count). The van der Waals surface area contributed by atoms with Gasteiger partial charge in [-0.3, -0.25) is 4.98 Å². The van der Waals surface area contributed by atoms with Gasteiger partial charge in [-0.15, -0.1) is 0 Å². The van der Waals surface area contributed by atoms with E-state index in [1.165, 1.54) is 28.5 Å². The molecule has 0 spiro atoms. The quantitative estimate of drug-likeness (QED) is 0.889. The largest absolute Gasteiger partial charge is 0.378 e. The van der Waals surface area contributed by atoms with Crippen LogP contribution in [0.5, 0.6) is 0 Å². The second kappa shape index (κ2) is 5.17. The standard InChI is InChI=1S/C15H17FN2/c1-10-6-11(2)13(12(3)7-10)8-18-15-4-5-17-9-14(15)16/h4-7,9H,8H2,1-3H3,(H,17,18). The molecule has 0 saturated heterocycles. The van der Waals surface area contributed by atoms with Crippen LogP contribution in [0.3, 0.4) is 0 Å². The van der Waals surface area contributed by atoms with Gasteiger partial charge in [-0.25, -0.2) is 4.39 Å². The van der Waals surface area contributed by atoms with Gasteiger partial charge < -0.3 is 5.32 Å². The van der Waals surface area contributed by atoms with Gasteiger partial charge in [0.05, 0.1) is 11.9 Å². The minimum Gasteiger partial charge on any atom is -0.378 e. The summed E-state index contributed by atoms with van der Waals surface area (Å²) in [5.74, 6) is -0.320. The minimum absolute atomic E-state index is 0.320. The topological polar surface area (TPSA) is 24.9 Å². The SMILES string of the molecule is Cc1cc(C)c(CNc2ccncc2F)c(C)c1. The number of nitrogens with one attached hydrogen (secondary N) is 1. The molecule has 18 heavy (non-hydrogen) atoms. The molecule has 1 aromatic heterocycles. The molecule has 0 fully saturated rings. The number of anilines is 1. The molecule has 0 atom stereocenters. The lowest BCUT2D eigenvalue weighted by Gasteiger charge is -2.13. The first-order valence-corrected chi connectivity index (χ1v) is 5.98. The van der Waals surface area contributed by atoms with Crippen molar-refractivity contribution in [2.75, 3.05) is 5.32 Å². The molecule has 0 aliphatic rings. The van der Waals surface area contributed by atoms with Crippen LogP contribution in [-0.4, -0.2) is 4.98 Å². The third kappa shape index (κ3) is 2.67. The van der Waals surface area contributed by atoms with Crippen LogP contribution < -0.4 is 5.32 Å². The number of hydrogen-bond acceptors (Lipinski definition) is 2. The van der Waals surface area contributed by atoms with Crippen LogP contribution in [0.15, 0.2) is 30.6 Å². The first-order chi connectivity index (χ1) is 8.58. The number of halogens is 1. The second-order valence-electron chi connectivity index (χ2n) is 4.59. The highest BCUT2D eigenvalue weighted by molar-refractivity contribution is 5.46. The molecule has 3 heteroatoms. The minimum atomic E-state index is -0.320. The fourth-order valence-electron chi connectivity index (χ4n) is 2.19. The number of rotatable bonds is 3. The van der Waals surface area contributed by atoms with Gasteiger partial charge in [0.2, 0.25) is 0 Å². The first kappa shape index (κ1) is 12.6. The third-order valence-corrected chi connectivity index (χ3v) is 3.07. The average Bonchev–Trinajstić information content (AvgIpc) is 2.30. The van der Waals surface area contributed by atoms with Crippen LogP contribution in [0.25, 0.3) is 0 Å². The molecule has 0 aliphatic heterocycles. The molecule has 0 aliphatic carbocycles. The Kier molecular flexibility index (Phi) is 3.60. The van der Waals surface area contributed by atoms with Gasteiger partial charge in [-0.05, 0) is 43.5 Å². The van der Waals surface area contributed by atoms with Gasteiger partial charge in [-0.2, -0.15) is 0 Å². The molecular weight excluding hydrogens is 227 g/mol. The molecule has 1 N–H and O–H groups in total. The third-order valence-electron chi connectivity index (χ3n) is 3.07. The van der Waals surface area contributed by atoms with Crippen molar-refractivity contribution >= 4 is 5.69 Å². The van der Waals surface area contributed by atoms with E-state index in [9.17, 15) is 4.39 Å². The zero-order valence-electron chi connectivity index (χ0n) is 10.9. The summed E-state index contributed by atoms with van der Waals surface area (Å²) in [6.07, 6.45) is 2.80. The summed E-state index contributed by atoms with van der Waals surface area (Å²) in [4.78, 5) is 3.73. The predicted octanol–water partition coefficient (Wildman–Crippen LogP) is 3.76. The van der Waals surface area contributed by atoms with Crippen LogP contribution in [-0.2, 0) is 6.54 Å². The maximum absolute atomic E-state index is 13.4. The molecule has 0 unspecified atom stereocenters. The van der Waals surface area contributed by atoms with Gasteiger partial charge in [0.25, 0.3) is 0 Å². The Bertz CT molecular complexity index is 541. The van der Waals surface area contributed by atoms with Crippen molar-refractivity contribution in [2.24, 2.45) is 0 Å². The van der Waals surface area contributed by atoms with E-state index in [0.29, 0.717) is 12.2 Å². The molecule has 2 aromatic rings. The van der Waals surface area contributed by atoms with Crippen LogP contribution >= 0.6 is 0 Å². The maximum Gasteiger partial charge on any atom is 0.164 e. The molecule has 0 amide bonds. The number of hydrogen-bond donors (Lipinski definition) is 1. The number of aryl methyl sites for hydroxylation is 3. The van der Waals surface area contributed by atoms with Gasteiger partial charge in [0, 0.05) is 12.7 Å². The van der Waals surface area contributed by atoms with Crippen molar-refractivity contribution < 1.29 is 4.39 Å². The fraction of sp³-hybridized carbons (Fsp3) is 0.267. The van der Waals surface area contributed by atoms with E-state index >= 15 is 0 Å². The number of benzene rings is 1. The molecule has 0 radical (unpaired) electrons. The zero-order valence-corrected chi connectivity index (χ0v) is 10.9. The fourth-order valence-corrected chi connectivity index (χ4v) is 2.19. The summed E-state index contributed by atoms with van der Waals surface area (Å²) in [5.41, 5.74) is 5.42. The highest BCUT2D eigenvalue weighted by Crippen LogP contribution is 2.19. The number of aromatic nitrogens is 1. The second-order valence-corrected chi connectivity index (χ2v) is 4.59. The summed E-state index contributed by atoms with van der Waals surface area (Å²) in [5, 5.41) is 3.12. The first-order valence-electron chi connectivity index (χ1n) is 5.98. The molecule has 94 valence electrons. The van der Waals surface area contributed by atoms with Gasteiger partial charge in [-0.1, -0.05) is 17.7 Å². The van der Waals surface area contributed by atoms with E-state index in [2.05, 4.69) is 43.2 Å². The summed E-state index contributed by atoms with van der Waals surface area (Å²) in [6.45, 7) is 6.87. The van der Waals surface area contributed by atoms with Crippen molar-refractivity contribution in [3.8, 4) is 0 Å². The highest BCUT2D eigenvalue weighted by Gasteiger charge is 2.05. The zero-order chi connectivity index (χ0) is 13.1. The number of pyridine rings is 1. The summed E-state index contributed by atoms with van der Waals surface area (Å²) < 4.78 is 13.4. The molecule has 1 heterocycles. The number of nitrogens with zero attached hydrogens (tertiary/aromatic N) is 1. The molecule has 0 bridgehead atoms. The average molecular weight is 244 g/mol. The maximum atomic E-state index is 13.4. The summed E-state index contributed by atoms with van der Waals surface area (Å²) in [6, 6.07) is 5.94. The molecule has 2 nitrogen and oxygen atoms in total. The lowest BCUT2D eigenvalue weighted by atomic mass is 10.00. The Balaban J connectivity index is 2.19. The normalized spacial score (nSPS) is 10.4. The Morgan fingerprint density at radius 2 is 1.83 bits per heavy atom. The summed E-state index contributed by atoms with van der Waals surface area (Å²) >= 11 is 0. The molecular formula is C15H17FN2. The Morgan fingerprint density at radius 1 is 1.17 bits per heavy atom. The van der Waals surface area contributed by atoms with Crippen LogP contribution in [0.4, 0.5) is 10.1 Å². The van der Waals surface area contributed by atoms with Gasteiger partial charge in [0.1, 0.15) is 0 Å². The van der Waals surface area contributed by atoms with Crippen LogP contribution in [0.2, 0.25) is 0 Å². The Hall–Kier alpha value is -1.90. The van der Waals surface area contributed by atoms with Crippen molar-refractivity contribution in [3.63, 3.8) is 0 Å². The van der Waals surface area contributed by atoms with Crippen molar-refractivity contribution in [2.45, 2.75) is 27.3 Å². The highest BCUT2D eigenvalue weighted by atomic mass is 19.1. The molecule has 1 aromatic carbocycles. The lowest BCUT2D eigenvalue weighted by molar-refractivity contribution is 0.623. The van der Waals surface area contributed by atoms with Crippen molar-refractivity contribution in [1.29, 1.82) is 0 Å². The lowest BCUT2D eigenvalue weighted by Crippen LogP contribution is -2.05.